The molecule has 0 aromatic heterocycles. The fraction of sp³-hybridized carbons (Fsp3) is 0.929. The predicted molar refractivity (Wildman–Crippen MR) is 71.9 cm³/mol. The van der Waals surface area contributed by atoms with E-state index in [-0.39, 0.29) is 5.92 Å². The third kappa shape index (κ3) is 4.30. The highest BCUT2D eigenvalue weighted by Gasteiger charge is 2.24. The zero-order chi connectivity index (χ0) is 12.8. The second-order valence-corrected chi connectivity index (χ2v) is 5.43. The molecule has 0 saturated carbocycles. The van der Waals surface area contributed by atoms with Crippen molar-refractivity contribution in [2.75, 3.05) is 13.1 Å². The molecule has 0 unspecified atom stereocenters. The average Bonchev–Trinajstić information content (AvgIpc) is 2.35. The highest BCUT2D eigenvalue weighted by molar-refractivity contribution is 5.78. The molecule has 0 aromatic carbocycles. The van der Waals surface area contributed by atoms with E-state index in [1.165, 1.54) is 12.8 Å². The van der Waals surface area contributed by atoms with Crippen molar-refractivity contribution in [3.05, 3.63) is 0 Å². The van der Waals surface area contributed by atoms with E-state index in [9.17, 15) is 4.79 Å². The molecule has 17 heavy (non-hydrogen) atoms. The lowest BCUT2D eigenvalue weighted by molar-refractivity contribution is -0.135. The third-order valence-electron chi connectivity index (χ3n) is 3.76. The molecular weight excluding hydrogens is 212 g/mol. The Morgan fingerprint density at radius 1 is 1.24 bits per heavy atom. The Bertz CT molecular complexity index is 228. The number of carbonyl (C=O) groups is 1. The van der Waals surface area contributed by atoms with Gasteiger partial charge in [0.2, 0.25) is 5.91 Å². The van der Waals surface area contributed by atoms with Gasteiger partial charge in [-0.3, -0.25) is 4.79 Å². The Balaban J connectivity index is 2.33. The van der Waals surface area contributed by atoms with Crippen molar-refractivity contribution in [2.45, 2.75) is 65.5 Å². The quantitative estimate of drug-likeness (QED) is 0.800. The molecule has 0 aromatic rings. The van der Waals surface area contributed by atoms with Crippen LogP contribution in [0, 0.1) is 5.92 Å². The summed E-state index contributed by atoms with van der Waals surface area (Å²) in [4.78, 5) is 13.9. The van der Waals surface area contributed by atoms with Crippen molar-refractivity contribution in [2.24, 2.45) is 5.92 Å². The molecule has 1 fully saturated rings. The van der Waals surface area contributed by atoms with Crippen LogP contribution in [0.25, 0.3) is 0 Å². The lowest BCUT2D eigenvalue weighted by atomic mass is 10.0. The van der Waals surface area contributed by atoms with Crippen molar-refractivity contribution in [1.82, 2.24) is 10.2 Å². The monoisotopic (exact) mass is 240 g/mol. The van der Waals surface area contributed by atoms with E-state index in [0.29, 0.717) is 18.0 Å². The van der Waals surface area contributed by atoms with Gasteiger partial charge in [0.1, 0.15) is 0 Å². The first-order valence-corrected chi connectivity index (χ1v) is 7.13. The maximum Gasteiger partial charge on any atom is 0.225 e. The average molecular weight is 240 g/mol. The third-order valence-corrected chi connectivity index (χ3v) is 3.76. The van der Waals surface area contributed by atoms with Gasteiger partial charge in [0.05, 0.1) is 0 Å². The van der Waals surface area contributed by atoms with Crippen LogP contribution in [0.2, 0.25) is 0 Å². The summed E-state index contributed by atoms with van der Waals surface area (Å²) >= 11 is 0. The lowest BCUT2D eigenvalue weighted by Crippen LogP contribution is -2.48. The molecule has 0 radical (unpaired) electrons. The topological polar surface area (TPSA) is 32.3 Å². The summed E-state index contributed by atoms with van der Waals surface area (Å²) in [6, 6.07) is 1.25. The van der Waals surface area contributed by atoms with Crippen LogP contribution < -0.4 is 5.32 Å². The van der Waals surface area contributed by atoms with Crippen LogP contribution in [-0.4, -0.2) is 36.0 Å². The number of hydrogen-bond acceptors (Lipinski definition) is 2. The number of hydrogen-bond donors (Lipinski definition) is 1. The van der Waals surface area contributed by atoms with Crippen LogP contribution in [0.5, 0.6) is 0 Å². The minimum absolute atomic E-state index is 0.138. The molecule has 1 heterocycles. The Morgan fingerprint density at radius 2 is 1.76 bits per heavy atom. The van der Waals surface area contributed by atoms with Crippen molar-refractivity contribution in [1.29, 1.82) is 0 Å². The number of likely N-dealkylation sites (tertiary alicyclic amines) is 1. The van der Waals surface area contributed by atoms with Crippen molar-refractivity contribution < 1.29 is 4.79 Å². The van der Waals surface area contributed by atoms with Gasteiger partial charge in [-0.2, -0.15) is 0 Å². The van der Waals surface area contributed by atoms with Gasteiger partial charge in [0.15, 0.2) is 0 Å². The van der Waals surface area contributed by atoms with Crippen LogP contribution in [0.15, 0.2) is 0 Å². The molecule has 1 aliphatic heterocycles. The highest BCUT2D eigenvalue weighted by atomic mass is 16.2. The molecule has 0 bridgehead atoms. The van der Waals surface area contributed by atoms with Crippen LogP contribution in [0.4, 0.5) is 0 Å². The summed E-state index contributed by atoms with van der Waals surface area (Å²) in [5, 5.41) is 3.71. The van der Waals surface area contributed by atoms with E-state index in [4.69, 9.17) is 0 Å². The van der Waals surface area contributed by atoms with Crippen LogP contribution in [0.3, 0.4) is 0 Å². The standard InChI is InChI=1S/C14H28N2O/c1-5-12(6-2)15-13-7-9-16(10-8-13)14(17)11(3)4/h11-13,15H,5-10H2,1-4H3. The zero-order valence-electron chi connectivity index (χ0n) is 11.8. The second-order valence-electron chi connectivity index (χ2n) is 5.43. The Morgan fingerprint density at radius 3 is 2.18 bits per heavy atom. The number of carbonyl (C=O) groups excluding carboxylic acids is 1. The summed E-state index contributed by atoms with van der Waals surface area (Å²) in [5.74, 6) is 0.449. The molecule has 1 N–H and O–H groups in total. The van der Waals surface area contributed by atoms with E-state index in [2.05, 4.69) is 19.2 Å². The normalized spacial score (nSPS) is 18.1. The van der Waals surface area contributed by atoms with E-state index in [0.717, 1.165) is 25.9 Å². The molecule has 1 amide bonds. The molecule has 100 valence electrons. The molecule has 0 spiro atoms. The van der Waals surface area contributed by atoms with E-state index >= 15 is 0 Å². The first kappa shape index (κ1) is 14.5. The van der Waals surface area contributed by atoms with Crippen molar-refractivity contribution >= 4 is 5.91 Å². The minimum atomic E-state index is 0.138. The number of rotatable bonds is 5. The van der Waals surface area contributed by atoms with Crippen LogP contribution in [0.1, 0.15) is 53.4 Å². The first-order valence-electron chi connectivity index (χ1n) is 7.13. The molecule has 0 aliphatic carbocycles. The molecule has 1 saturated heterocycles. The van der Waals surface area contributed by atoms with Crippen LogP contribution >= 0.6 is 0 Å². The number of nitrogens with one attached hydrogen (secondary N) is 1. The first-order chi connectivity index (χ1) is 8.08. The maximum atomic E-state index is 11.8. The molecule has 3 heteroatoms. The molecule has 1 aliphatic rings. The van der Waals surface area contributed by atoms with Gasteiger partial charge in [-0.25, -0.2) is 0 Å². The molecule has 1 rings (SSSR count). The van der Waals surface area contributed by atoms with Gasteiger partial charge in [0, 0.05) is 31.1 Å². The van der Waals surface area contributed by atoms with Gasteiger partial charge in [-0.05, 0) is 25.7 Å². The minimum Gasteiger partial charge on any atom is -0.342 e. The summed E-state index contributed by atoms with van der Waals surface area (Å²) in [5.41, 5.74) is 0. The maximum absolute atomic E-state index is 11.8. The Hall–Kier alpha value is -0.570. The fourth-order valence-corrected chi connectivity index (χ4v) is 2.49. The van der Waals surface area contributed by atoms with E-state index < -0.39 is 0 Å². The fourth-order valence-electron chi connectivity index (χ4n) is 2.49. The molecule has 0 atom stereocenters. The number of amides is 1. The van der Waals surface area contributed by atoms with Gasteiger partial charge in [0.25, 0.3) is 0 Å². The molecule has 3 nitrogen and oxygen atoms in total. The SMILES string of the molecule is CCC(CC)NC1CCN(C(=O)C(C)C)CC1. The molecular formula is C14H28N2O. The summed E-state index contributed by atoms with van der Waals surface area (Å²) in [6.45, 7) is 10.3. The Labute approximate surface area is 106 Å². The van der Waals surface area contributed by atoms with Crippen molar-refractivity contribution in [3.8, 4) is 0 Å². The smallest absolute Gasteiger partial charge is 0.225 e. The second kappa shape index (κ2) is 7.00. The van der Waals surface area contributed by atoms with E-state index in [1.807, 2.05) is 18.7 Å². The number of piperidine rings is 1. The lowest BCUT2D eigenvalue weighted by Gasteiger charge is -2.35. The van der Waals surface area contributed by atoms with Crippen LogP contribution in [-0.2, 0) is 4.79 Å². The van der Waals surface area contributed by atoms with Crippen molar-refractivity contribution in [3.63, 3.8) is 0 Å². The predicted octanol–water partition coefficient (Wildman–Crippen LogP) is 2.41. The van der Waals surface area contributed by atoms with Gasteiger partial charge in [-0.1, -0.05) is 27.7 Å². The number of nitrogens with zero attached hydrogens (tertiary/aromatic N) is 1. The zero-order valence-corrected chi connectivity index (χ0v) is 11.8. The summed E-state index contributed by atoms with van der Waals surface area (Å²) in [6.07, 6.45) is 4.60. The largest absolute Gasteiger partial charge is 0.342 e. The Kier molecular flexibility index (Phi) is 5.96. The summed E-state index contributed by atoms with van der Waals surface area (Å²) < 4.78 is 0. The van der Waals surface area contributed by atoms with Gasteiger partial charge in [-0.15, -0.1) is 0 Å². The van der Waals surface area contributed by atoms with Gasteiger partial charge >= 0.3 is 0 Å². The van der Waals surface area contributed by atoms with Gasteiger partial charge < -0.3 is 10.2 Å². The van der Waals surface area contributed by atoms with E-state index in [1.54, 1.807) is 0 Å². The summed E-state index contributed by atoms with van der Waals surface area (Å²) in [7, 11) is 0. The highest BCUT2D eigenvalue weighted by Crippen LogP contribution is 2.14.